The van der Waals surface area contributed by atoms with Crippen molar-refractivity contribution in [1.82, 2.24) is 5.32 Å². The van der Waals surface area contributed by atoms with E-state index in [1.54, 1.807) is 6.07 Å². The Balaban J connectivity index is 2.03. The number of aliphatic hydroxyl groups is 1. The Kier molecular flexibility index (Phi) is 5.60. The fraction of sp³-hybridized carbons (Fsp3) is 0.294. The maximum atomic E-state index is 9.68. The SMILES string of the molecule is CCOc1cc(CNC(CO)c2ccccc2)ccc1O. The van der Waals surface area contributed by atoms with Gasteiger partial charge in [-0.3, -0.25) is 0 Å². The number of phenolic OH excluding ortho intramolecular Hbond substituents is 1. The van der Waals surface area contributed by atoms with Gasteiger partial charge < -0.3 is 20.3 Å². The van der Waals surface area contributed by atoms with E-state index in [0.717, 1.165) is 11.1 Å². The molecule has 3 N–H and O–H groups in total. The lowest BCUT2D eigenvalue weighted by atomic mass is 10.1. The number of ether oxygens (including phenoxy) is 1. The summed E-state index contributed by atoms with van der Waals surface area (Å²) in [5.41, 5.74) is 2.04. The quantitative estimate of drug-likeness (QED) is 0.732. The second-order valence-electron chi connectivity index (χ2n) is 4.76. The third-order valence-electron chi connectivity index (χ3n) is 3.26. The third kappa shape index (κ3) is 4.21. The van der Waals surface area contributed by atoms with Crippen molar-refractivity contribution in [3.8, 4) is 11.5 Å². The summed E-state index contributed by atoms with van der Waals surface area (Å²) in [6.07, 6.45) is 0. The Hall–Kier alpha value is -2.04. The lowest BCUT2D eigenvalue weighted by molar-refractivity contribution is 0.243. The highest BCUT2D eigenvalue weighted by Crippen LogP contribution is 2.27. The van der Waals surface area contributed by atoms with Crippen LogP contribution in [0.2, 0.25) is 0 Å². The molecule has 0 saturated heterocycles. The summed E-state index contributed by atoms with van der Waals surface area (Å²) >= 11 is 0. The molecule has 0 amide bonds. The lowest BCUT2D eigenvalue weighted by Gasteiger charge is -2.17. The van der Waals surface area contributed by atoms with Crippen LogP contribution in [0.4, 0.5) is 0 Å². The molecule has 0 aliphatic rings. The van der Waals surface area contributed by atoms with Gasteiger partial charge in [-0.05, 0) is 30.2 Å². The smallest absolute Gasteiger partial charge is 0.161 e. The molecule has 0 aromatic heterocycles. The molecule has 112 valence electrons. The van der Waals surface area contributed by atoms with Gasteiger partial charge in [-0.1, -0.05) is 36.4 Å². The summed E-state index contributed by atoms with van der Waals surface area (Å²) in [4.78, 5) is 0. The van der Waals surface area contributed by atoms with Crippen LogP contribution in [0.3, 0.4) is 0 Å². The van der Waals surface area contributed by atoms with Crippen LogP contribution in [0.15, 0.2) is 48.5 Å². The van der Waals surface area contributed by atoms with Crippen molar-refractivity contribution < 1.29 is 14.9 Å². The van der Waals surface area contributed by atoms with Crippen LogP contribution in [0.1, 0.15) is 24.1 Å². The third-order valence-corrected chi connectivity index (χ3v) is 3.26. The molecule has 4 nitrogen and oxygen atoms in total. The fourth-order valence-electron chi connectivity index (χ4n) is 2.15. The van der Waals surface area contributed by atoms with Crippen molar-refractivity contribution in [2.45, 2.75) is 19.5 Å². The molecule has 0 radical (unpaired) electrons. The molecule has 2 aromatic rings. The first-order chi connectivity index (χ1) is 10.2. The Morgan fingerprint density at radius 2 is 1.90 bits per heavy atom. The van der Waals surface area contributed by atoms with Gasteiger partial charge in [0.15, 0.2) is 11.5 Å². The molecule has 2 aromatic carbocycles. The molecule has 0 bridgehead atoms. The lowest BCUT2D eigenvalue weighted by Crippen LogP contribution is -2.23. The number of aliphatic hydroxyl groups excluding tert-OH is 1. The van der Waals surface area contributed by atoms with E-state index in [1.165, 1.54) is 0 Å². The standard InChI is InChI=1S/C17H21NO3/c1-2-21-17-10-13(8-9-16(17)20)11-18-15(12-19)14-6-4-3-5-7-14/h3-10,15,18-20H,2,11-12H2,1H3. The van der Waals surface area contributed by atoms with Gasteiger partial charge in [0.05, 0.1) is 19.3 Å². The zero-order chi connectivity index (χ0) is 15.1. The van der Waals surface area contributed by atoms with Crippen LogP contribution in [0, 0.1) is 0 Å². The summed E-state index contributed by atoms with van der Waals surface area (Å²) in [6, 6.07) is 15.0. The van der Waals surface area contributed by atoms with Gasteiger partial charge in [-0.15, -0.1) is 0 Å². The molecule has 0 aliphatic carbocycles. The van der Waals surface area contributed by atoms with E-state index in [0.29, 0.717) is 18.9 Å². The molecular formula is C17H21NO3. The molecule has 2 rings (SSSR count). The Morgan fingerprint density at radius 3 is 2.57 bits per heavy atom. The van der Waals surface area contributed by atoms with Crippen LogP contribution < -0.4 is 10.1 Å². The molecule has 1 atom stereocenters. The molecule has 0 aliphatic heterocycles. The predicted octanol–water partition coefficient (Wildman–Crippen LogP) is 2.61. The Morgan fingerprint density at radius 1 is 1.14 bits per heavy atom. The van der Waals surface area contributed by atoms with Gasteiger partial charge in [-0.2, -0.15) is 0 Å². The van der Waals surface area contributed by atoms with Crippen molar-refractivity contribution in [1.29, 1.82) is 0 Å². The fourth-order valence-corrected chi connectivity index (χ4v) is 2.15. The van der Waals surface area contributed by atoms with Crippen LogP contribution in [-0.2, 0) is 6.54 Å². The van der Waals surface area contributed by atoms with Gasteiger partial charge in [0, 0.05) is 6.54 Å². The van der Waals surface area contributed by atoms with Crippen molar-refractivity contribution >= 4 is 0 Å². The monoisotopic (exact) mass is 287 g/mol. The van der Waals surface area contributed by atoms with Crippen molar-refractivity contribution in [2.24, 2.45) is 0 Å². The molecule has 4 heteroatoms. The number of aromatic hydroxyl groups is 1. The molecule has 0 heterocycles. The largest absolute Gasteiger partial charge is 0.504 e. The van der Waals surface area contributed by atoms with E-state index >= 15 is 0 Å². The molecule has 21 heavy (non-hydrogen) atoms. The number of nitrogens with one attached hydrogen (secondary N) is 1. The number of hydrogen-bond acceptors (Lipinski definition) is 4. The van der Waals surface area contributed by atoms with E-state index in [-0.39, 0.29) is 18.4 Å². The summed E-state index contributed by atoms with van der Waals surface area (Å²) < 4.78 is 5.37. The first kappa shape index (κ1) is 15.4. The Labute approximate surface area is 125 Å². The van der Waals surface area contributed by atoms with Crippen LogP contribution in [0.25, 0.3) is 0 Å². The minimum absolute atomic E-state index is 0.0282. The zero-order valence-corrected chi connectivity index (χ0v) is 12.1. The van der Waals surface area contributed by atoms with Crippen molar-refractivity contribution in [3.05, 3.63) is 59.7 Å². The van der Waals surface area contributed by atoms with E-state index in [4.69, 9.17) is 4.74 Å². The first-order valence-corrected chi connectivity index (χ1v) is 7.08. The van der Waals surface area contributed by atoms with Crippen LogP contribution in [-0.4, -0.2) is 23.4 Å². The second kappa shape index (κ2) is 7.67. The van der Waals surface area contributed by atoms with Gasteiger partial charge in [0.1, 0.15) is 0 Å². The van der Waals surface area contributed by atoms with Crippen LogP contribution in [0.5, 0.6) is 11.5 Å². The highest BCUT2D eigenvalue weighted by atomic mass is 16.5. The second-order valence-corrected chi connectivity index (χ2v) is 4.76. The van der Waals surface area contributed by atoms with E-state index in [9.17, 15) is 10.2 Å². The molecule has 0 spiro atoms. The number of benzene rings is 2. The van der Waals surface area contributed by atoms with Gasteiger partial charge in [0.2, 0.25) is 0 Å². The summed E-state index contributed by atoms with van der Waals surface area (Å²) in [5.74, 6) is 0.624. The minimum Gasteiger partial charge on any atom is -0.504 e. The minimum atomic E-state index is -0.115. The molecule has 1 unspecified atom stereocenters. The van der Waals surface area contributed by atoms with Gasteiger partial charge >= 0.3 is 0 Å². The van der Waals surface area contributed by atoms with E-state index in [2.05, 4.69) is 5.32 Å². The van der Waals surface area contributed by atoms with Crippen molar-refractivity contribution in [3.63, 3.8) is 0 Å². The maximum Gasteiger partial charge on any atom is 0.161 e. The van der Waals surface area contributed by atoms with Crippen LogP contribution >= 0.6 is 0 Å². The first-order valence-electron chi connectivity index (χ1n) is 7.08. The predicted molar refractivity (Wildman–Crippen MR) is 82.4 cm³/mol. The maximum absolute atomic E-state index is 9.68. The van der Waals surface area contributed by atoms with E-state index in [1.807, 2.05) is 49.4 Å². The van der Waals surface area contributed by atoms with E-state index < -0.39 is 0 Å². The van der Waals surface area contributed by atoms with Gasteiger partial charge in [-0.25, -0.2) is 0 Å². The highest BCUT2D eigenvalue weighted by Gasteiger charge is 2.10. The summed E-state index contributed by atoms with van der Waals surface area (Å²) in [5, 5.41) is 22.5. The summed E-state index contributed by atoms with van der Waals surface area (Å²) in [7, 11) is 0. The average molecular weight is 287 g/mol. The number of hydrogen-bond donors (Lipinski definition) is 3. The molecular weight excluding hydrogens is 266 g/mol. The van der Waals surface area contributed by atoms with Crippen molar-refractivity contribution in [2.75, 3.05) is 13.2 Å². The number of phenols is 1. The Bertz CT molecular complexity index is 557. The highest BCUT2D eigenvalue weighted by molar-refractivity contribution is 5.41. The molecule has 0 saturated carbocycles. The normalized spacial score (nSPS) is 12.1. The number of rotatable bonds is 7. The summed E-state index contributed by atoms with van der Waals surface area (Å²) in [6.45, 7) is 3.00. The zero-order valence-electron chi connectivity index (χ0n) is 12.1. The average Bonchev–Trinajstić information content (AvgIpc) is 2.52. The van der Waals surface area contributed by atoms with Gasteiger partial charge in [0.25, 0.3) is 0 Å². The molecule has 0 fully saturated rings. The topological polar surface area (TPSA) is 61.7 Å².